The second kappa shape index (κ2) is 4.82. The molecule has 1 rings (SSSR count). The lowest BCUT2D eigenvalue weighted by Gasteiger charge is -2.25. The summed E-state index contributed by atoms with van der Waals surface area (Å²) < 4.78 is 5.40. The average Bonchev–Trinajstić information content (AvgIpc) is 2.19. The predicted molar refractivity (Wildman–Crippen MR) is 55.3 cm³/mol. The smallest absolute Gasteiger partial charge is 0.119 e. The van der Waals surface area contributed by atoms with Crippen LogP contribution in [0.15, 0.2) is 30.3 Å². The van der Waals surface area contributed by atoms with Crippen molar-refractivity contribution in [3.8, 4) is 5.75 Å². The zero-order valence-corrected chi connectivity index (χ0v) is 9.03. The van der Waals surface area contributed by atoms with E-state index in [0.29, 0.717) is 13.0 Å². The lowest BCUT2D eigenvalue weighted by atomic mass is 9.90. The summed E-state index contributed by atoms with van der Waals surface area (Å²) in [5.74, 6) is -0.286. The number of carbonyl (C=O) groups is 1. The predicted octanol–water partition coefficient (Wildman–Crippen LogP) is 1.23. The Morgan fingerprint density at radius 2 is 1.93 bits per heavy atom. The second-order valence-corrected chi connectivity index (χ2v) is 4.08. The van der Waals surface area contributed by atoms with Crippen molar-refractivity contribution in [2.24, 2.45) is 5.41 Å². The van der Waals surface area contributed by atoms with Gasteiger partial charge in [-0.25, -0.2) is 0 Å². The van der Waals surface area contributed by atoms with Gasteiger partial charge in [-0.15, -0.1) is 0 Å². The average molecular weight is 207 g/mol. The van der Waals surface area contributed by atoms with E-state index < -0.39 is 11.4 Å². The summed E-state index contributed by atoms with van der Waals surface area (Å²) in [4.78, 5) is 10.7. The molecule has 0 atom stereocenters. The molecule has 0 radical (unpaired) electrons. The molecule has 0 heterocycles. The van der Waals surface area contributed by atoms with Gasteiger partial charge in [-0.3, -0.25) is 0 Å². The maximum absolute atomic E-state index is 10.7. The van der Waals surface area contributed by atoms with Crippen LogP contribution in [0, 0.1) is 5.41 Å². The number of rotatable bonds is 5. The van der Waals surface area contributed by atoms with Crippen LogP contribution in [0.1, 0.15) is 20.3 Å². The van der Waals surface area contributed by atoms with E-state index in [4.69, 9.17) is 4.74 Å². The number of carboxylic acid groups (broad SMARTS) is 1. The van der Waals surface area contributed by atoms with E-state index >= 15 is 0 Å². The minimum atomic E-state index is -1.04. The van der Waals surface area contributed by atoms with Crippen LogP contribution in [-0.4, -0.2) is 12.6 Å². The minimum Gasteiger partial charge on any atom is -0.550 e. The van der Waals surface area contributed by atoms with E-state index in [-0.39, 0.29) is 0 Å². The molecule has 0 fully saturated rings. The van der Waals surface area contributed by atoms with Crippen LogP contribution < -0.4 is 9.84 Å². The van der Waals surface area contributed by atoms with Gasteiger partial charge >= 0.3 is 0 Å². The van der Waals surface area contributed by atoms with E-state index in [2.05, 4.69) is 0 Å². The van der Waals surface area contributed by atoms with Crippen LogP contribution >= 0.6 is 0 Å². The van der Waals surface area contributed by atoms with E-state index in [1.54, 1.807) is 13.8 Å². The van der Waals surface area contributed by atoms with Crippen LogP contribution in [0.25, 0.3) is 0 Å². The summed E-state index contributed by atoms with van der Waals surface area (Å²) in [6, 6.07) is 9.33. The number of para-hydroxylation sites is 1. The highest BCUT2D eigenvalue weighted by Crippen LogP contribution is 2.19. The molecule has 0 amide bonds. The molecule has 15 heavy (non-hydrogen) atoms. The van der Waals surface area contributed by atoms with Gasteiger partial charge in [-0.05, 0) is 18.6 Å². The number of hydrogen-bond donors (Lipinski definition) is 0. The van der Waals surface area contributed by atoms with Crippen molar-refractivity contribution in [2.75, 3.05) is 6.61 Å². The maximum Gasteiger partial charge on any atom is 0.119 e. The van der Waals surface area contributed by atoms with E-state index in [1.165, 1.54) is 0 Å². The Morgan fingerprint density at radius 3 is 2.47 bits per heavy atom. The molecule has 0 bridgehead atoms. The lowest BCUT2D eigenvalue weighted by Crippen LogP contribution is -2.39. The standard InChI is InChI=1S/C12H16O3/c1-12(2,11(13)14)8-9-15-10-6-4-3-5-7-10/h3-7H,8-9H2,1-2H3,(H,13,14)/p-1. The molecule has 0 unspecified atom stereocenters. The van der Waals surface area contributed by atoms with Gasteiger partial charge in [0, 0.05) is 11.4 Å². The van der Waals surface area contributed by atoms with Crippen LogP contribution in [0.4, 0.5) is 0 Å². The van der Waals surface area contributed by atoms with E-state index in [0.717, 1.165) is 5.75 Å². The highest BCUT2D eigenvalue weighted by molar-refractivity contribution is 5.71. The maximum atomic E-state index is 10.7. The number of ether oxygens (including phenoxy) is 1. The van der Waals surface area contributed by atoms with Gasteiger partial charge < -0.3 is 14.6 Å². The van der Waals surface area contributed by atoms with Gasteiger partial charge in [0.1, 0.15) is 5.75 Å². The Balaban J connectivity index is 2.37. The zero-order valence-electron chi connectivity index (χ0n) is 9.03. The highest BCUT2D eigenvalue weighted by Gasteiger charge is 2.18. The molecule has 0 spiro atoms. The Bertz CT molecular complexity index is 317. The molecular weight excluding hydrogens is 192 g/mol. The van der Waals surface area contributed by atoms with Crippen molar-refractivity contribution in [3.63, 3.8) is 0 Å². The van der Waals surface area contributed by atoms with Gasteiger partial charge in [-0.1, -0.05) is 32.0 Å². The quantitative estimate of drug-likeness (QED) is 0.729. The monoisotopic (exact) mass is 207 g/mol. The summed E-state index contributed by atoms with van der Waals surface area (Å²) in [5.41, 5.74) is -0.839. The Hall–Kier alpha value is -1.51. The third-order valence-corrected chi connectivity index (χ3v) is 2.29. The number of carboxylic acids is 1. The molecule has 1 aromatic rings. The summed E-state index contributed by atoms with van der Waals surface area (Å²) >= 11 is 0. The first-order chi connectivity index (χ1) is 7.02. The third-order valence-electron chi connectivity index (χ3n) is 2.29. The van der Waals surface area contributed by atoms with Crippen molar-refractivity contribution < 1.29 is 14.6 Å². The fraction of sp³-hybridized carbons (Fsp3) is 0.417. The first-order valence-corrected chi connectivity index (χ1v) is 4.92. The number of hydrogen-bond acceptors (Lipinski definition) is 3. The fourth-order valence-corrected chi connectivity index (χ4v) is 1.04. The lowest BCUT2D eigenvalue weighted by molar-refractivity contribution is -0.318. The summed E-state index contributed by atoms with van der Waals surface area (Å²) in [6.07, 6.45) is 0.435. The molecule has 0 aliphatic rings. The molecule has 3 heteroatoms. The first kappa shape index (κ1) is 11.6. The highest BCUT2D eigenvalue weighted by atomic mass is 16.5. The Kier molecular flexibility index (Phi) is 3.72. The number of benzene rings is 1. The molecule has 0 saturated heterocycles. The van der Waals surface area contributed by atoms with Gasteiger partial charge in [0.25, 0.3) is 0 Å². The topological polar surface area (TPSA) is 49.4 Å². The molecule has 0 aliphatic heterocycles. The van der Waals surface area contributed by atoms with Crippen molar-refractivity contribution in [1.29, 1.82) is 0 Å². The van der Waals surface area contributed by atoms with Crippen molar-refractivity contribution in [3.05, 3.63) is 30.3 Å². The third kappa shape index (κ3) is 3.62. The van der Waals surface area contributed by atoms with Crippen LogP contribution in [0.2, 0.25) is 0 Å². The number of carbonyl (C=O) groups excluding carboxylic acids is 1. The summed E-state index contributed by atoms with van der Waals surface area (Å²) in [6.45, 7) is 3.65. The molecule has 0 N–H and O–H groups in total. The molecule has 0 aliphatic carbocycles. The largest absolute Gasteiger partial charge is 0.550 e. The molecule has 82 valence electrons. The van der Waals surface area contributed by atoms with Crippen molar-refractivity contribution in [2.45, 2.75) is 20.3 Å². The van der Waals surface area contributed by atoms with Crippen molar-refractivity contribution in [1.82, 2.24) is 0 Å². The second-order valence-electron chi connectivity index (χ2n) is 4.08. The summed E-state index contributed by atoms with van der Waals surface area (Å²) in [7, 11) is 0. The van der Waals surface area contributed by atoms with Crippen molar-refractivity contribution >= 4 is 5.97 Å². The Labute approximate surface area is 89.7 Å². The number of aliphatic carboxylic acids is 1. The molecule has 0 saturated carbocycles. The van der Waals surface area contributed by atoms with Gasteiger partial charge in [-0.2, -0.15) is 0 Å². The van der Waals surface area contributed by atoms with E-state index in [9.17, 15) is 9.90 Å². The SMILES string of the molecule is CC(C)(CCOc1ccccc1)C(=O)[O-]. The van der Waals surface area contributed by atoms with E-state index in [1.807, 2.05) is 30.3 Å². The van der Waals surface area contributed by atoms with Crippen LogP contribution in [-0.2, 0) is 4.79 Å². The van der Waals surface area contributed by atoms with Crippen LogP contribution in [0.5, 0.6) is 5.75 Å². The normalized spacial score (nSPS) is 11.1. The minimum absolute atomic E-state index is 0.380. The Morgan fingerprint density at radius 1 is 1.33 bits per heavy atom. The molecular formula is C12H15O3-. The van der Waals surface area contributed by atoms with Gasteiger partial charge in [0.15, 0.2) is 0 Å². The zero-order chi connectivity index (χ0) is 11.3. The molecule has 1 aromatic carbocycles. The molecule has 3 nitrogen and oxygen atoms in total. The fourth-order valence-electron chi connectivity index (χ4n) is 1.04. The molecule has 0 aromatic heterocycles. The summed E-state index contributed by atoms with van der Waals surface area (Å²) in [5, 5.41) is 10.7. The van der Waals surface area contributed by atoms with Gasteiger partial charge in [0.05, 0.1) is 6.61 Å². The van der Waals surface area contributed by atoms with Gasteiger partial charge in [0.2, 0.25) is 0 Å². The van der Waals surface area contributed by atoms with Crippen LogP contribution in [0.3, 0.4) is 0 Å². The first-order valence-electron chi connectivity index (χ1n) is 4.92.